The van der Waals surface area contributed by atoms with Gasteiger partial charge in [0.2, 0.25) is 5.96 Å². The first kappa shape index (κ1) is 33.8. The SMILES string of the molecule is C=C(/C=C\N=C(/N)n1c2ccccc2c2cc(-c3ccc4c(c3)c3ccccc3n4-c3ccccc3)ccc21)c1cccc(-c2cccc3c2sc2ccccc23)c1. The summed E-state index contributed by atoms with van der Waals surface area (Å²) in [5, 5.41) is 7.30. The van der Waals surface area contributed by atoms with Crippen molar-refractivity contribution < 1.29 is 0 Å². The van der Waals surface area contributed by atoms with Gasteiger partial charge in [-0.2, -0.15) is 0 Å². The van der Waals surface area contributed by atoms with E-state index in [0.29, 0.717) is 5.96 Å². The molecular weight excluding hydrogens is 725 g/mol. The molecule has 0 bridgehead atoms. The van der Waals surface area contributed by atoms with Crippen LogP contribution >= 0.6 is 11.3 Å². The number of hydrogen-bond acceptors (Lipinski definition) is 2. The van der Waals surface area contributed by atoms with Crippen LogP contribution in [-0.4, -0.2) is 15.1 Å². The Bertz CT molecular complexity index is 3490. The average molecular weight is 761 g/mol. The second kappa shape index (κ2) is 13.6. The van der Waals surface area contributed by atoms with Crippen LogP contribution in [0.5, 0.6) is 0 Å². The van der Waals surface area contributed by atoms with Crippen LogP contribution in [-0.2, 0) is 0 Å². The molecule has 8 aromatic carbocycles. The molecule has 3 aromatic heterocycles. The van der Waals surface area contributed by atoms with E-state index < -0.39 is 0 Å². The fourth-order valence-electron chi connectivity index (χ4n) is 8.63. The highest BCUT2D eigenvalue weighted by molar-refractivity contribution is 7.26. The van der Waals surface area contributed by atoms with Crippen molar-refractivity contribution in [3.8, 4) is 27.9 Å². The van der Waals surface area contributed by atoms with E-state index in [2.05, 4.69) is 187 Å². The van der Waals surface area contributed by atoms with Crippen LogP contribution in [0.25, 0.3) is 97.3 Å². The molecule has 0 amide bonds. The molecule has 58 heavy (non-hydrogen) atoms. The van der Waals surface area contributed by atoms with E-state index in [-0.39, 0.29) is 0 Å². The number of nitrogens with zero attached hydrogens (tertiary/aromatic N) is 3. The van der Waals surface area contributed by atoms with Gasteiger partial charge in [-0.25, -0.2) is 4.99 Å². The van der Waals surface area contributed by atoms with Crippen LogP contribution in [0.4, 0.5) is 0 Å². The largest absolute Gasteiger partial charge is 0.369 e. The Morgan fingerprint density at radius 3 is 1.93 bits per heavy atom. The molecule has 0 aliphatic rings. The predicted molar refractivity (Wildman–Crippen MR) is 249 cm³/mol. The predicted octanol–water partition coefficient (Wildman–Crippen LogP) is 14.0. The summed E-state index contributed by atoms with van der Waals surface area (Å²) in [7, 11) is 0. The van der Waals surface area contributed by atoms with Crippen molar-refractivity contribution in [3.05, 3.63) is 206 Å². The highest BCUT2D eigenvalue weighted by Crippen LogP contribution is 2.41. The molecule has 0 saturated heterocycles. The van der Waals surface area contributed by atoms with Gasteiger partial charge < -0.3 is 10.3 Å². The van der Waals surface area contributed by atoms with Gasteiger partial charge in [0.15, 0.2) is 0 Å². The van der Waals surface area contributed by atoms with E-state index >= 15 is 0 Å². The fraction of sp³-hybridized carbons (Fsp3) is 0. The summed E-state index contributed by atoms with van der Waals surface area (Å²) < 4.78 is 6.99. The number of allylic oxidation sites excluding steroid dienone is 2. The highest BCUT2D eigenvalue weighted by atomic mass is 32.1. The van der Waals surface area contributed by atoms with Gasteiger partial charge >= 0.3 is 0 Å². The fourth-order valence-corrected chi connectivity index (χ4v) is 9.86. The number of aliphatic imine (C=N–C) groups is 1. The van der Waals surface area contributed by atoms with Crippen LogP contribution < -0.4 is 5.73 Å². The maximum absolute atomic E-state index is 6.83. The topological polar surface area (TPSA) is 48.2 Å². The van der Waals surface area contributed by atoms with E-state index in [1.807, 2.05) is 28.0 Å². The van der Waals surface area contributed by atoms with Crippen molar-refractivity contribution in [2.24, 2.45) is 10.7 Å². The first-order valence-corrected chi connectivity index (χ1v) is 20.2. The first-order chi connectivity index (χ1) is 28.6. The third kappa shape index (κ3) is 5.47. The van der Waals surface area contributed by atoms with Crippen LogP contribution in [0.3, 0.4) is 0 Å². The molecule has 3 heterocycles. The van der Waals surface area contributed by atoms with Crippen LogP contribution in [0.15, 0.2) is 206 Å². The lowest BCUT2D eigenvalue weighted by molar-refractivity contribution is 1.18. The second-order valence-corrected chi connectivity index (χ2v) is 15.7. The minimum absolute atomic E-state index is 0.392. The zero-order valence-corrected chi connectivity index (χ0v) is 32.3. The molecule has 0 unspecified atom stereocenters. The monoisotopic (exact) mass is 760 g/mol. The van der Waals surface area contributed by atoms with Gasteiger partial charge in [0.1, 0.15) is 0 Å². The molecule has 0 spiro atoms. The van der Waals surface area contributed by atoms with Crippen molar-refractivity contribution in [3.63, 3.8) is 0 Å². The lowest BCUT2D eigenvalue weighted by Gasteiger charge is -2.09. The summed E-state index contributed by atoms with van der Waals surface area (Å²) in [5.41, 5.74) is 19.0. The van der Waals surface area contributed by atoms with Gasteiger partial charge in [-0.3, -0.25) is 4.57 Å². The molecule has 0 atom stereocenters. The third-order valence-corrected chi connectivity index (χ3v) is 12.6. The van der Waals surface area contributed by atoms with E-state index in [1.165, 1.54) is 47.5 Å². The lowest BCUT2D eigenvalue weighted by Crippen LogP contribution is -2.21. The molecule has 0 fully saturated rings. The van der Waals surface area contributed by atoms with Crippen molar-refractivity contribution >= 4 is 86.7 Å². The molecule has 0 saturated carbocycles. The third-order valence-electron chi connectivity index (χ3n) is 11.4. The van der Waals surface area contributed by atoms with E-state index in [9.17, 15) is 0 Å². The number of rotatable bonds is 6. The molecule has 0 aliphatic carbocycles. The maximum atomic E-state index is 6.83. The number of hydrogen-bond donors (Lipinski definition) is 1. The van der Waals surface area contributed by atoms with E-state index in [0.717, 1.165) is 55.3 Å². The van der Waals surface area contributed by atoms with Gasteiger partial charge in [-0.05, 0) is 100 Å². The molecule has 0 aliphatic heterocycles. The summed E-state index contributed by atoms with van der Waals surface area (Å²) in [6, 6.07) is 64.8. The normalized spacial score (nSPS) is 12.3. The molecule has 274 valence electrons. The maximum Gasteiger partial charge on any atom is 0.205 e. The van der Waals surface area contributed by atoms with Gasteiger partial charge in [0.25, 0.3) is 0 Å². The Kier molecular flexibility index (Phi) is 7.95. The summed E-state index contributed by atoms with van der Waals surface area (Å²) >= 11 is 1.84. The number of aromatic nitrogens is 2. The van der Waals surface area contributed by atoms with Gasteiger partial charge in [0, 0.05) is 53.6 Å². The summed E-state index contributed by atoms with van der Waals surface area (Å²) in [5.74, 6) is 0.392. The highest BCUT2D eigenvalue weighted by Gasteiger charge is 2.17. The number of para-hydroxylation sites is 3. The summed E-state index contributed by atoms with van der Waals surface area (Å²) in [4.78, 5) is 4.76. The quantitative estimate of drug-likeness (QED) is 0.102. The van der Waals surface area contributed by atoms with Crippen LogP contribution in [0.1, 0.15) is 5.56 Å². The zero-order valence-electron chi connectivity index (χ0n) is 31.5. The summed E-state index contributed by atoms with van der Waals surface area (Å²) in [6.45, 7) is 4.40. The number of thiophene rings is 1. The van der Waals surface area contributed by atoms with E-state index in [1.54, 1.807) is 6.20 Å². The Morgan fingerprint density at radius 1 is 0.517 bits per heavy atom. The van der Waals surface area contributed by atoms with Gasteiger partial charge in [-0.1, -0.05) is 128 Å². The number of nitrogens with two attached hydrogens (primary N) is 1. The van der Waals surface area contributed by atoms with Crippen molar-refractivity contribution in [1.29, 1.82) is 0 Å². The molecule has 5 heteroatoms. The van der Waals surface area contributed by atoms with Crippen molar-refractivity contribution in [1.82, 2.24) is 9.13 Å². The van der Waals surface area contributed by atoms with E-state index in [4.69, 9.17) is 10.7 Å². The van der Waals surface area contributed by atoms with Crippen LogP contribution in [0.2, 0.25) is 0 Å². The molecule has 4 nitrogen and oxygen atoms in total. The minimum Gasteiger partial charge on any atom is -0.369 e. The average Bonchev–Trinajstić information content (AvgIpc) is 3.94. The molecule has 11 aromatic rings. The molecule has 2 N–H and O–H groups in total. The minimum atomic E-state index is 0.392. The summed E-state index contributed by atoms with van der Waals surface area (Å²) in [6.07, 6.45) is 3.69. The van der Waals surface area contributed by atoms with Crippen LogP contribution in [0, 0.1) is 0 Å². The zero-order chi connectivity index (χ0) is 38.7. The second-order valence-electron chi connectivity index (χ2n) is 14.7. The smallest absolute Gasteiger partial charge is 0.205 e. The van der Waals surface area contributed by atoms with Crippen molar-refractivity contribution in [2.75, 3.05) is 0 Å². The first-order valence-electron chi connectivity index (χ1n) is 19.4. The Balaban J connectivity index is 0.925. The Labute approximate surface area is 339 Å². The Morgan fingerprint density at radius 2 is 1.12 bits per heavy atom. The molecule has 11 rings (SSSR count). The standard InChI is InChI=1S/C53H36N4S/c1-34(35-13-11-14-38(31-35)40-20-12-21-44-43-19-7-10-24-51(43)58-52(40)44)29-30-55-53(54)57-48-23-9-6-18-42(48)46-33-37(26-28-50(46)57)36-25-27-49-45(32-36)41-17-5-8-22-47(41)56(49)39-15-3-2-4-16-39/h2-33H,1H2,(H2,54,55)/b30-29-. The molecule has 0 radical (unpaired) electrons. The number of benzene rings is 8. The lowest BCUT2D eigenvalue weighted by atomic mass is 9.98. The number of fused-ring (bicyclic) bond motifs is 9. The molecular formula is C53H36N4S. The van der Waals surface area contributed by atoms with Gasteiger partial charge in [0.05, 0.1) is 22.1 Å². The van der Waals surface area contributed by atoms with Gasteiger partial charge in [-0.15, -0.1) is 11.3 Å². The van der Waals surface area contributed by atoms with Crippen molar-refractivity contribution in [2.45, 2.75) is 0 Å². The Hall–Kier alpha value is -7.47.